The minimum Gasteiger partial charge on any atom is -0.462 e. The molecule has 0 spiro atoms. The van der Waals surface area contributed by atoms with Crippen molar-refractivity contribution < 1.29 is 22.7 Å². The molecule has 0 radical (unpaired) electrons. The van der Waals surface area contributed by atoms with Crippen LogP contribution >= 0.6 is 0 Å². The van der Waals surface area contributed by atoms with Crippen LogP contribution in [0.15, 0.2) is 12.3 Å². The second kappa shape index (κ2) is 5.27. The highest BCUT2D eigenvalue weighted by Crippen LogP contribution is 2.39. The highest BCUT2D eigenvalue weighted by atomic mass is 19.4. The van der Waals surface area contributed by atoms with Crippen LogP contribution in [0, 0.1) is 0 Å². The lowest BCUT2D eigenvalue weighted by molar-refractivity contribution is -0.144. The Kier molecular flexibility index (Phi) is 3.87. The Labute approximate surface area is 109 Å². The predicted octanol–water partition coefficient (Wildman–Crippen LogP) is 3.80. The van der Waals surface area contributed by atoms with Gasteiger partial charge in [-0.1, -0.05) is 12.8 Å². The zero-order valence-electron chi connectivity index (χ0n) is 10.7. The van der Waals surface area contributed by atoms with Gasteiger partial charge in [-0.15, -0.1) is 0 Å². The monoisotopic (exact) mass is 275 g/mol. The van der Waals surface area contributed by atoms with E-state index in [9.17, 15) is 18.0 Å². The van der Waals surface area contributed by atoms with Crippen molar-refractivity contribution in [1.82, 2.24) is 4.57 Å². The van der Waals surface area contributed by atoms with Crippen molar-refractivity contribution in [1.29, 1.82) is 0 Å². The molecule has 1 fully saturated rings. The summed E-state index contributed by atoms with van der Waals surface area (Å²) < 4.78 is 45.4. The average Bonchev–Trinajstić information content (AvgIpc) is 2.97. The molecule has 2 rings (SSSR count). The molecule has 0 unspecified atom stereocenters. The van der Waals surface area contributed by atoms with E-state index in [0.717, 1.165) is 25.7 Å². The van der Waals surface area contributed by atoms with Crippen molar-refractivity contribution in [2.45, 2.75) is 44.8 Å². The third kappa shape index (κ3) is 2.77. The molecule has 0 amide bonds. The fraction of sp³-hybridized carbons (Fsp3) is 0.615. The second-order valence-corrected chi connectivity index (χ2v) is 4.64. The molecule has 0 aromatic carbocycles. The van der Waals surface area contributed by atoms with Crippen molar-refractivity contribution in [3.05, 3.63) is 23.5 Å². The molecule has 3 nitrogen and oxygen atoms in total. The molecule has 0 N–H and O–H groups in total. The largest absolute Gasteiger partial charge is 0.462 e. The van der Waals surface area contributed by atoms with Crippen LogP contribution in [-0.4, -0.2) is 17.1 Å². The van der Waals surface area contributed by atoms with Crippen LogP contribution in [0.25, 0.3) is 0 Å². The van der Waals surface area contributed by atoms with E-state index in [4.69, 9.17) is 0 Å². The number of ether oxygens (including phenoxy) is 1. The van der Waals surface area contributed by atoms with Gasteiger partial charge in [-0.3, -0.25) is 0 Å². The first-order valence-electron chi connectivity index (χ1n) is 6.40. The molecule has 0 saturated heterocycles. The summed E-state index contributed by atoms with van der Waals surface area (Å²) in [5.74, 6) is -0.911. The lowest BCUT2D eigenvalue weighted by Crippen LogP contribution is -2.20. The Hall–Kier alpha value is -1.46. The van der Waals surface area contributed by atoms with E-state index < -0.39 is 17.8 Å². The van der Waals surface area contributed by atoms with Crippen LogP contribution in [0.4, 0.5) is 13.2 Å². The maximum atomic E-state index is 13.2. The molecular weight excluding hydrogens is 259 g/mol. The zero-order valence-corrected chi connectivity index (χ0v) is 10.7. The molecule has 1 aliphatic carbocycles. The van der Waals surface area contributed by atoms with Gasteiger partial charge in [-0.25, -0.2) is 4.79 Å². The van der Waals surface area contributed by atoms with Crippen LogP contribution in [0.5, 0.6) is 0 Å². The SMILES string of the molecule is CCOC(=O)c1ccn(C2CCCC2)c1C(F)(F)F. The maximum absolute atomic E-state index is 13.2. The summed E-state index contributed by atoms with van der Waals surface area (Å²) in [5.41, 5.74) is -1.26. The van der Waals surface area contributed by atoms with Gasteiger partial charge in [0.05, 0.1) is 12.2 Å². The lowest BCUT2D eigenvalue weighted by atomic mass is 10.2. The summed E-state index contributed by atoms with van der Waals surface area (Å²) in [6.07, 6.45) is 0.100. The van der Waals surface area contributed by atoms with Crippen molar-refractivity contribution in [2.24, 2.45) is 0 Å². The van der Waals surface area contributed by atoms with E-state index in [-0.39, 0.29) is 18.2 Å². The standard InChI is InChI=1S/C13H16F3NO2/c1-2-19-12(18)10-7-8-17(9-5-3-4-6-9)11(10)13(14,15)16/h7-9H,2-6H2,1H3. The van der Waals surface area contributed by atoms with Crippen LogP contribution in [-0.2, 0) is 10.9 Å². The number of esters is 1. The van der Waals surface area contributed by atoms with Gasteiger partial charge in [0, 0.05) is 12.2 Å². The van der Waals surface area contributed by atoms with Gasteiger partial charge in [0.1, 0.15) is 5.69 Å². The molecule has 106 valence electrons. The molecule has 1 saturated carbocycles. The van der Waals surface area contributed by atoms with Gasteiger partial charge in [0.15, 0.2) is 0 Å². The Morgan fingerprint density at radius 1 is 1.42 bits per heavy atom. The molecule has 1 heterocycles. The molecule has 0 aliphatic heterocycles. The first-order valence-corrected chi connectivity index (χ1v) is 6.40. The minimum absolute atomic E-state index is 0.0603. The number of carbonyl (C=O) groups excluding carboxylic acids is 1. The highest BCUT2D eigenvalue weighted by molar-refractivity contribution is 5.91. The lowest BCUT2D eigenvalue weighted by Gasteiger charge is -2.18. The van der Waals surface area contributed by atoms with Gasteiger partial charge in [0.2, 0.25) is 0 Å². The summed E-state index contributed by atoms with van der Waals surface area (Å²) in [5, 5.41) is 0. The number of halogens is 3. The number of hydrogen-bond donors (Lipinski definition) is 0. The number of hydrogen-bond acceptors (Lipinski definition) is 2. The maximum Gasteiger partial charge on any atom is 0.432 e. The summed E-state index contributed by atoms with van der Waals surface area (Å²) in [6, 6.07) is 1.04. The molecule has 19 heavy (non-hydrogen) atoms. The molecule has 0 atom stereocenters. The molecular formula is C13H16F3NO2. The third-order valence-corrected chi connectivity index (χ3v) is 3.40. The van der Waals surface area contributed by atoms with Crippen LogP contribution in [0.3, 0.4) is 0 Å². The quantitative estimate of drug-likeness (QED) is 0.786. The summed E-state index contributed by atoms with van der Waals surface area (Å²) >= 11 is 0. The highest BCUT2D eigenvalue weighted by Gasteiger charge is 2.41. The summed E-state index contributed by atoms with van der Waals surface area (Å²) in [4.78, 5) is 11.6. The first kappa shape index (κ1) is 14.0. The summed E-state index contributed by atoms with van der Waals surface area (Å²) in [6.45, 7) is 1.63. The Morgan fingerprint density at radius 2 is 2.05 bits per heavy atom. The number of aromatic nitrogens is 1. The van der Waals surface area contributed by atoms with E-state index in [1.165, 1.54) is 16.8 Å². The van der Waals surface area contributed by atoms with E-state index in [1.807, 2.05) is 0 Å². The van der Waals surface area contributed by atoms with Crippen molar-refractivity contribution in [3.8, 4) is 0 Å². The van der Waals surface area contributed by atoms with Crippen molar-refractivity contribution >= 4 is 5.97 Å². The molecule has 1 aromatic rings. The number of rotatable bonds is 3. The second-order valence-electron chi connectivity index (χ2n) is 4.64. The number of carbonyl (C=O) groups is 1. The Bertz CT molecular complexity index is 459. The average molecular weight is 275 g/mol. The fourth-order valence-corrected chi connectivity index (χ4v) is 2.61. The number of alkyl halides is 3. The Morgan fingerprint density at radius 3 is 2.58 bits per heavy atom. The fourth-order valence-electron chi connectivity index (χ4n) is 2.61. The normalized spacial score (nSPS) is 16.8. The molecule has 1 aromatic heterocycles. The van der Waals surface area contributed by atoms with Gasteiger partial charge < -0.3 is 9.30 Å². The van der Waals surface area contributed by atoms with Crippen LogP contribution in [0.1, 0.15) is 54.7 Å². The molecule has 0 bridgehead atoms. The molecule has 1 aliphatic rings. The van der Waals surface area contributed by atoms with E-state index >= 15 is 0 Å². The molecule has 6 heteroatoms. The van der Waals surface area contributed by atoms with Gasteiger partial charge in [-0.05, 0) is 25.8 Å². The van der Waals surface area contributed by atoms with Gasteiger partial charge in [-0.2, -0.15) is 13.2 Å². The Balaban J connectivity index is 2.42. The first-order chi connectivity index (χ1) is 8.95. The van der Waals surface area contributed by atoms with E-state index in [2.05, 4.69) is 4.74 Å². The number of nitrogens with zero attached hydrogens (tertiary/aromatic N) is 1. The van der Waals surface area contributed by atoms with Gasteiger partial charge in [0.25, 0.3) is 0 Å². The van der Waals surface area contributed by atoms with Crippen molar-refractivity contribution in [3.63, 3.8) is 0 Å². The minimum atomic E-state index is -4.55. The predicted molar refractivity (Wildman–Crippen MR) is 62.9 cm³/mol. The van der Waals surface area contributed by atoms with Gasteiger partial charge >= 0.3 is 12.1 Å². The van der Waals surface area contributed by atoms with Crippen LogP contribution in [0.2, 0.25) is 0 Å². The van der Waals surface area contributed by atoms with E-state index in [0.29, 0.717) is 0 Å². The van der Waals surface area contributed by atoms with Crippen LogP contribution < -0.4 is 0 Å². The topological polar surface area (TPSA) is 31.2 Å². The smallest absolute Gasteiger partial charge is 0.432 e. The third-order valence-electron chi connectivity index (χ3n) is 3.40. The van der Waals surface area contributed by atoms with Crippen molar-refractivity contribution in [2.75, 3.05) is 6.61 Å². The van der Waals surface area contributed by atoms with E-state index in [1.54, 1.807) is 6.92 Å². The zero-order chi connectivity index (χ0) is 14.0. The summed E-state index contributed by atoms with van der Waals surface area (Å²) in [7, 11) is 0.